The Morgan fingerprint density at radius 3 is 1.72 bits per heavy atom. The molecule has 0 spiro atoms. The maximum absolute atomic E-state index is 13.1. The van der Waals surface area contributed by atoms with E-state index in [1.54, 1.807) is 20.8 Å². The SMILES string of the molecule is Cc1oc(=O)oc1COC(=O)SC[C@H](CC(=O)C(C)(C)SC(=O)OCc1oc(=O)oc1C)C(=O)OC(C)(C)C. The van der Waals surface area contributed by atoms with E-state index in [1.807, 2.05) is 0 Å². The van der Waals surface area contributed by atoms with Crippen molar-refractivity contribution in [1.82, 2.24) is 0 Å². The number of carbonyl (C=O) groups is 4. The van der Waals surface area contributed by atoms with Crippen LogP contribution in [0.25, 0.3) is 0 Å². The molecule has 13 nitrogen and oxygen atoms in total. The highest BCUT2D eigenvalue weighted by Gasteiger charge is 2.37. The van der Waals surface area contributed by atoms with Crippen LogP contribution in [0.5, 0.6) is 0 Å². The molecule has 0 N–H and O–H groups in total. The molecule has 0 aromatic carbocycles. The van der Waals surface area contributed by atoms with Gasteiger partial charge in [-0.3, -0.25) is 9.59 Å². The number of hydrogen-bond acceptors (Lipinski definition) is 15. The van der Waals surface area contributed by atoms with Gasteiger partial charge in [0, 0.05) is 12.2 Å². The molecular weight excluding hydrogens is 560 g/mol. The highest BCUT2D eigenvalue weighted by Crippen LogP contribution is 2.32. The molecule has 39 heavy (non-hydrogen) atoms. The van der Waals surface area contributed by atoms with Gasteiger partial charge in [0.25, 0.3) is 0 Å². The first-order valence-electron chi connectivity index (χ1n) is 11.6. The molecule has 2 rings (SSSR count). The molecule has 0 radical (unpaired) electrons. The number of ether oxygens (including phenoxy) is 3. The zero-order chi connectivity index (χ0) is 29.5. The first kappa shape index (κ1) is 32.0. The van der Waals surface area contributed by atoms with Crippen molar-refractivity contribution in [3.8, 4) is 0 Å². The number of hydrogen-bond donors (Lipinski definition) is 0. The van der Waals surface area contributed by atoms with Crippen molar-refractivity contribution in [3.05, 3.63) is 44.3 Å². The Hall–Kier alpha value is -3.20. The minimum absolute atomic E-state index is 0.0389. The number of thioether (sulfide) groups is 2. The van der Waals surface area contributed by atoms with Crippen LogP contribution in [0.3, 0.4) is 0 Å². The molecule has 0 fully saturated rings. The fourth-order valence-corrected chi connectivity index (χ4v) is 4.30. The zero-order valence-electron chi connectivity index (χ0n) is 22.5. The molecule has 0 aliphatic rings. The van der Waals surface area contributed by atoms with Crippen LogP contribution < -0.4 is 11.6 Å². The quantitative estimate of drug-likeness (QED) is 0.262. The normalized spacial score (nSPS) is 12.6. The third-order valence-electron chi connectivity index (χ3n) is 4.90. The van der Waals surface area contributed by atoms with Gasteiger partial charge in [0.05, 0.1) is 10.7 Å². The number of carbonyl (C=O) groups excluding carboxylic acids is 4. The van der Waals surface area contributed by atoms with Gasteiger partial charge in [-0.05, 0) is 72.0 Å². The standard InChI is InChI=1S/C24H30O13S2/c1-12-15(35-19(27)33-12)9-31-21(29)38-11-14(18(26)37-23(3,4)5)8-17(25)24(6,7)39-22(30)32-10-16-13(2)34-20(28)36-16/h14H,8-11H2,1-7H3/t14-/m0/s1. The monoisotopic (exact) mass is 590 g/mol. The largest absolute Gasteiger partial charge is 0.519 e. The summed E-state index contributed by atoms with van der Waals surface area (Å²) in [6, 6.07) is 0. The lowest BCUT2D eigenvalue weighted by Gasteiger charge is -2.26. The highest BCUT2D eigenvalue weighted by molar-refractivity contribution is 8.15. The van der Waals surface area contributed by atoms with E-state index in [4.69, 9.17) is 31.9 Å². The van der Waals surface area contributed by atoms with Crippen LogP contribution in [0.1, 0.15) is 64.1 Å². The Kier molecular flexibility index (Phi) is 10.9. The van der Waals surface area contributed by atoms with E-state index in [0.29, 0.717) is 23.5 Å². The van der Waals surface area contributed by atoms with Gasteiger partial charge in [0.15, 0.2) is 36.3 Å². The summed E-state index contributed by atoms with van der Waals surface area (Å²) in [6.45, 7) is 10.2. The second kappa shape index (κ2) is 13.2. The molecule has 15 heteroatoms. The number of Topliss-reactive ketones (excluding diaryl/α,β-unsaturated/α-hetero) is 1. The van der Waals surface area contributed by atoms with E-state index < -0.39 is 50.3 Å². The number of ketones is 1. The van der Waals surface area contributed by atoms with Crippen LogP contribution in [0.4, 0.5) is 9.59 Å². The Morgan fingerprint density at radius 2 is 1.28 bits per heavy atom. The molecule has 0 saturated carbocycles. The molecular formula is C24H30O13S2. The summed E-state index contributed by atoms with van der Waals surface area (Å²) >= 11 is 1.22. The second-order valence-electron chi connectivity index (χ2n) is 9.73. The van der Waals surface area contributed by atoms with Crippen LogP contribution in [0.2, 0.25) is 0 Å². The molecule has 2 aromatic rings. The summed E-state index contributed by atoms with van der Waals surface area (Å²) in [5.41, 5.74) is -0.853. The Bertz CT molecular complexity index is 1300. The Balaban J connectivity index is 1.99. The lowest BCUT2D eigenvalue weighted by Crippen LogP contribution is -2.36. The van der Waals surface area contributed by atoms with Crippen LogP contribution in [0, 0.1) is 19.8 Å². The van der Waals surface area contributed by atoms with E-state index in [2.05, 4.69) is 0 Å². The first-order chi connectivity index (χ1) is 18.0. The minimum atomic E-state index is -1.31. The Labute approximate surface area is 231 Å². The molecule has 2 heterocycles. The topological polar surface area (TPSA) is 183 Å². The predicted molar refractivity (Wildman–Crippen MR) is 137 cm³/mol. The van der Waals surface area contributed by atoms with E-state index >= 15 is 0 Å². The van der Waals surface area contributed by atoms with Crippen molar-refractivity contribution in [2.75, 3.05) is 5.75 Å². The zero-order valence-corrected chi connectivity index (χ0v) is 24.2. The van der Waals surface area contributed by atoms with Crippen LogP contribution in [-0.4, -0.2) is 38.5 Å². The van der Waals surface area contributed by atoms with Crippen LogP contribution in [-0.2, 0) is 37.0 Å². The maximum atomic E-state index is 13.1. The number of rotatable bonds is 11. The molecule has 0 unspecified atom stereocenters. The van der Waals surface area contributed by atoms with Crippen molar-refractivity contribution in [1.29, 1.82) is 0 Å². The summed E-state index contributed by atoms with van der Waals surface area (Å²) in [6.07, 6.45) is -0.339. The van der Waals surface area contributed by atoms with Gasteiger partial charge in [-0.25, -0.2) is 19.2 Å². The van der Waals surface area contributed by atoms with E-state index in [1.165, 1.54) is 27.7 Å². The van der Waals surface area contributed by atoms with Crippen molar-refractivity contribution in [2.45, 2.75) is 78.4 Å². The smallest absolute Gasteiger partial charge is 0.460 e. The molecule has 0 bridgehead atoms. The Morgan fingerprint density at radius 1 is 0.795 bits per heavy atom. The second-order valence-corrected chi connectivity index (χ2v) is 12.2. The van der Waals surface area contributed by atoms with Gasteiger partial charge < -0.3 is 31.9 Å². The van der Waals surface area contributed by atoms with E-state index in [9.17, 15) is 28.8 Å². The van der Waals surface area contributed by atoms with Gasteiger partial charge in [-0.2, -0.15) is 0 Å². The third-order valence-corrected chi connectivity index (χ3v) is 6.84. The molecule has 216 valence electrons. The fourth-order valence-electron chi connectivity index (χ4n) is 2.83. The molecule has 1 atom stereocenters. The van der Waals surface area contributed by atoms with Gasteiger partial charge in [-0.15, -0.1) is 0 Å². The third kappa shape index (κ3) is 10.5. The molecule has 2 aromatic heterocycles. The van der Waals surface area contributed by atoms with Crippen LogP contribution in [0.15, 0.2) is 27.3 Å². The van der Waals surface area contributed by atoms with Crippen molar-refractivity contribution in [2.24, 2.45) is 5.92 Å². The molecule has 0 aliphatic heterocycles. The highest BCUT2D eigenvalue weighted by atomic mass is 32.2. The van der Waals surface area contributed by atoms with E-state index in [-0.39, 0.29) is 48.4 Å². The number of aryl methyl sites for hydroxylation is 2. The van der Waals surface area contributed by atoms with Crippen molar-refractivity contribution in [3.63, 3.8) is 0 Å². The van der Waals surface area contributed by atoms with E-state index in [0.717, 1.165) is 0 Å². The lowest BCUT2D eigenvalue weighted by molar-refractivity contribution is -0.160. The summed E-state index contributed by atoms with van der Waals surface area (Å²) in [4.78, 5) is 72.8. The van der Waals surface area contributed by atoms with Crippen LogP contribution >= 0.6 is 23.5 Å². The molecule has 0 aliphatic carbocycles. The van der Waals surface area contributed by atoms with Gasteiger partial charge in [-0.1, -0.05) is 0 Å². The fraction of sp³-hybridized carbons (Fsp3) is 0.583. The average molecular weight is 591 g/mol. The van der Waals surface area contributed by atoms with Crippen molar-refractivity contribution < 1.29 is 51.1 Å². The molecule has 0 saturated heterocycles. The van der Waals surface area contributed by atoms with Gasteiger partial charge >= 0.3 is 28.2 Å². The molecule has 0 amide bonds. The van der Waals surface area contributed by atoms with Gasteiger partial charge in [0.2, 0.25) is 0 Å². The summed E-state index contributed by atoms with van der Waals surface area (Å²) in [7, 11) is 0. The summed E-state index contributed by atoms with van der Waals surface area (Å²) in [5, 5.41) is -1.60. The predicted octanol–water partition coefficient (Wildman–Crippen LogP) is 4.53. The average Bonchev–Trinajstić information content (AvgIpc) is 3.30. The van der Waals surface area contributed by atoms with Crippen molar-refractivity contribution >= 4 is 45.9 Å². The number of esters is 1. The maximum Gasteiger partial charge on any atom is 0.519 e. The first-order valence-corrected chi connectivity index (χ1v) is 13.4. The van der Waals surface area contributed by atoms with Gasteiger partial charge in [0.1, 0.15) is 11.4 Å². The summed E-state index contributed by atoms with van der Waals surface area (Å²) < 4.78 is 33.1. The summed E-state index contributed by atoms with van der Waals surface area (Å²) in [5.74, 6) is -3.83. The minimum Gasteiger partial charge on any atom is -0.460 e. The lowest BCUT2D eigenvalue weighted by atomic mass is 9.97.